The number of nitrogens with one attached hydrogen (secondary N) is 1. The summed E-state index contributed by atoms with van der Waals surface area (Å²) < 4.78 is 5.25. The summed E-state index contributed by atoms with van der Waals surface area (Å²) in [5.41, 5.74) is 2.50. The second-order valence-electron chi connectivity index (χ2n) is 6.68. The van der Waals surface area contributed by atoms with Crippen molar-refractivity contribution in [3.05, 3.63) is 59.7 Å². The highest BCUT2D eigenvalue weighted by molar-refractivity contribution is 6.15. The number of para-hydroxylation sites is 1. The molecular weight excluding hydrogens is 358 g/mol. The lowest BCUT2D eigenvalue weighted by Gasteiger charge is -2.19. The fourth-order valence-corrected chi connectivity index (χ4v) is 3.15. The van der Waals surface area contributed by atoms with Crippen molar-refractivity contribution in [3.63, 3.8) is 0 Å². The van der Waals surface area contributed by atoms with Crippen LogP contribution in [0, 0.1) is 6.92 Å². The van der Waals surface area contributed by atoms with Gasteiger partial charge in [0.25, 0.3) is 5.91 Å². The Labute approximate surface area is 163 Å². The molecule has 1 saturated heterocycles. The summed E-state index contributed by atoms with van der Waals surface area (Å²) in [6.45, 7) is 3.53. The van der Waals surface area contributed by atoms with E-state index in [0.29, 0.717) is 11.4 Å². The molecule has 1 N–H and O–H groups in total. The molecule has 0 unspecified atom stereocenters. The van der Waals surface area contributed by atoms with Crippen LogP contribution in [0.25, 0.3) is 0 Å². The van der Waals surface area contributed by atoms with Gasteiger partial charge in [-0.2, -0.15) is 0 Å². The molecule has 0 bridgehead atoms. The lowest BCUT2D eigenvalue weighted by Crippen LogP contribution is -2.41. The van der Waals surface area contributed by atoms with Crippen molar-refractivity contribution in [1.82, 2.24) is 10.2 Å². The van der Waals surface area contributed by atoms with Gasteiger partial charge in [0, 0.05) is 17.8 Å². The number of aryl methyl sites for hydroxylation is 1. The van der Waals surface area contributed by atoms with Crippen LogP contribution in [0.4, 0.5) is 10.5 Å². The molecule has 146 valence electrons. The summed E-state index contributed by atoms with van der Waals surface area (Å²) in [5.74, 6) is -0.140. The van der Waals surface area contributed by atoms with E-state index in [2.05, 4.69) is 5.32 Å². The van der Waals surface area contributed by atoms with Crippen molar-refractivity contribution in [2.45, 2.75) is 26.4 Å². The average molecular weight is 381 g/mol. The van der Waals surface area contributed by atoms with Crippen molar-refractivity contribution in [3.8, 4) is 5.75 Å². The molecular formula is C21H23N3O4. The number of methoxy groups -OCH3 is 1. The topological polar surface area (TPSA) is 79.0 Å². The molecule has 4 amide bonds. The minimum Gasteiger partial charge on any atom is -0.496 e. The minimum absolute atomic E-state index is 0.246. The normalized spacial score (nSPS) is 16.5. The maximum Gasteiger partial charge on any atom is 0.332 e. The Morgan fingerprint density at radius 1 is 1.11 bits per heavy atom. The lowest BCUT2D eigenvalue weighted by molar-refractivity contribution is -0.131. The Balaban J connectivity index is 1.66. The highest BCUT2D eigenvalue weighted by Gasteiger charge is 2.43. The van der Waals surface area contributed by atoms with Crippen LogP contribution in [0.15, 0.2) is 48.5 Å². The van der Waals surface area contributed by atoms with Gasteiger partial charge in [0.2, 0.25) is 5.91 Å². The summed E-state index contributed by atoms with van der Waals surface area (Å²) in [5, 5.41) is 2.74. The quantitative estimate of drug-likeness (QED) is 0.780. The van der Waals surface area contributed by atoms with Crippen molar-refractivity contribution < 1.29 is 19.1 Å². The fourth-order valence-electron chi connectivity index (χ4n) is 3.15. The molecule has 1 aliphatic rings. The van der Waals surface area contributed by atoms with Gasteiger partial charge in [-0.15, -0.1) is 0 Å². The summed E-state index contributed by atoms with van der Waals surface area (Å²) in [6, 6.07) is 13.5. The Morgan fingerprint density at radius 2 is 1.79 bits per heavy atom. The zero-order valence-electron chi connectivity index (χ0n) is 16.1. The van der Waals surface area contributed by atoms with E-state index < -0.39 is 23.9 Å². The van der Waals surface area contributed by atoms with Crippen LogP contribution in [0.5, 0.6) is 5.75 Å². The van der Waals surface area contributed by atoms with Gasteiger partial charge in [0.05, 0.1) is 7.11 Å². The van der Waals surface area contributed by atoms with Gasteiger partial charge in [0.1, 0.15) is 18.3 Å². The third kappa shape index (κ3) is 3.83. The van der Waals surface area contributed by atoms with Gasteiger partial charge in [-0.25, -0.2) is 4.79 Å². The van der Waals surface area contributed by atoms with Gasteiger partial charge < -0.3 is 10.1 Å². The predicted molar refractivity (Wildman–Crippen MR) is 105 cm³/mol. The Morgan fingerprint density at radius 3 is 2.46 bits per heavy atom. The number of anilines is 1. The molecule has 1 heterocycles. The van der Waals surface area contributed by atoms with Crippen LogP contribution < -0.4 is 15.0 Å². The molecule has 2 aromatic carbocycles. The third-order valence-corrected chi connectivity index (χ3v) is 4.73. The molecule has 0 aromatic heterocycles. The maximum atomic E-state index is 12.8. The third-order valence-electron chi connectivity index (χ3n) is 4.73. The van der Waals surface area contributed by atoms with Crippen LogP contribution >= 0.6 is 0 Å². The maximum absolute atomic E-state index is 12.8. The second kappa shape index (κ2) is 8.12. The number of urea groups is 1. The molecule has 0 radical (unpaired) electrons. The van der Waals surface area contributed by atoms with E-state index in [4.69, 9.17) is 4.74 Å². The second-order valence-corrected chi connectivity index (χ2v) is 6.68. The Hall–Kier alpha value is -3.35. The van der Waals surface area contributed by atoms with Crippen molar-refractivity contribution in [2.24, 2.45) is 0 Å². The molecule has 1 fully saturated rings. The van der Waals surface area contributed by atoms with Crippen LogP contribution in [-0.2, 0) is 16.1 Å². The van der Waals surface area contributed by atoms with E-state index in [0.717, 1.165) is 16.0 Å². The zero-order chi connectivity index (χ0) is 20.3. The number of amides is 4. The van der Waals surface area contributed by atoms with E-state index in [9.17, 15) is 14.4 Å². The van der Waals surface area contributed by atoms with Crippen LogP contribution in [0.3, 0.4) is 0 Å². The number of rotatable bonds is 6. The Kier molecular flexibility index (Phi) is 5.63. The molecule has 1 aliphatic heterocycles. The summed E-state index contributed by atoms with van der Waals surface area (Å²) in [6.07, 6.45) is 0. The minimum atomic E-state index is -0.655. The van der Waals surface area contributed by atoms with Gasteiger partial charge in [-0.1, -0.05) is 35.9 Å². The molecule has 0 aliphatic carbocycles. The number of carbonyl (C=O) groups excluding carboxylic acids is 3. The number of ether oxygens (including phenoxy) is 1. The van der Waals surface area contributed by atoms with Gasteiger partial charge in [-0.3, -0.25) is 19.4 Å². The number of hydrogen-bond donors (Lipinski definition) is 1. The summed E-state index contributed by atoms with van der Waals surface area (Å²) >= 11 is 0. The van der Waals surface area contributed by atoms with Gasteiger partial charge in [0.15, 0.2) is 0 Å². The Bertz CT molecular complexity index is 895. The fraction of sp³-hybridized carbons (Fsp3) is 0.286. The smallest absolute Gasteiger partial charge is 0.332 e. The van der Waals surface area contributed by atoms with E-state index in [-0.39, 0.29) is 13.1 Å². The van der Waals surface area contributed by atoms with Crippen molar-refractivity contribution >= 4 is 23.5 Å². The number of benzene rings is 2. The molecule has 1 atom stereocenters. The molecule has 7 heteroatoms. The van der Waals surface area contributed by atoms with Gasteiger partial charge >= 0.3 is 6.03 Å². The van der Waals surface area contributed by atoms with Crippen LogP contribution in [-0.4, -0.2) is 42.4 Å². The van der Waals surface area contributed by atoms with Crippen molar-refractivity contribution in [1.29, 1.82) is 0 Å². The zero-order valence-corrected chi connectivity index (χ0v) is 16.1. The first-order valence-electron chi connectivity index (χ1n) is 9.02. The standard InChI is InChI=1S/C21H23N3O4/c1-14-8-10-17(11-9-14)24-15(2)20(26)23(21(24)27)13-19(25)22-12-16-6-4-5-7-18(16)28-3/h4-11,15H,12-13H2,1-3H3,(H,22,25)/t15-/m1/s1. The summed E-state index contributed by atoms with van der Waals surface area (Å²) in [4.78, 5) is 40.0. The number of carbonyl (C=O) groups is 3. The molecule has 3 rings (SSSR count). The molecule has 0 saturated carbocycles. The molecule has 28 heavy (non-hydrogen) atoms. The highest BCUT2D eigenvalue weighted by atomic mass is 16.5. The first kappa shape index (κ1) is 19.4. The highest BCUT2D eigenvalue weighted by Crippen LogP contribution is 2.26. The van der Waals surface area contributed by atoms with E-state index in [1.165, 1.54) is 4.90 Å². The first-order chi connectivity index (χ1) is 13.4. The molecule has 7 nitrogen and oxygen atoms in total. The molecule has 2 aromatic rings. The average Bonchev–Trinajstić information content (AvgIpc) is 2.91. The first-order valence-corrected chi connectivity index (χ1v) is 9.02. The monoisotopic (exact) mass is 381 g/mol. The number of nitrogens with zero attached hydrogens (tertiary/aromatic N) is 2. The number of imide groups is 1. The SMILES string of the molecule is COc1ccccc1CNC(=O)CN1C(=O)[C@@H](C)N(c2ccc(C)cc2)C1=O. The summed E-state index contributed by atoms with van der Waals surface area (Å²) in [7, 11) is 1.56. The van der Waals surface area contributed by atoms with Crippen LogP contribution in [0.2, 0.25) is 0 Å². The predicted octanol–water partition coefficient (Wildman–Crippen LogP) is 2.48. The molecule has 0 spiro atoms. The van der Waals surface area contributed by atoms with E-state index in [1.807, 2.05) is 37.3 Å². The number of hydrogen-bond acceptors (Lipinski definition) is 4. The largest absolute Gasteiger partial charge is 0.496 e. The lowest BCUT2D eigenvalue weighted by atomic mass is 10.2. The van der Waals surface area contributed by atoms with Gasteiger partial charge in [-0.05, 0) is 32.0 Å². The van der Waals surface area contributed by atoms with E-state index in [1.54, 1.807) is 32.2 Å². The van der Waals surface area contributed by atoms with E-state index >= 15 is 0 Å². The van der Waals surface area contributed by atoms with Crippen LogP contribution in [0.1, 0.15) is 18.1 Å². The van der Waals surface area contributed by atoms with Crippen molar-refractivity contribution in [2.75, 3.05) is 18.6 Å².